The third-order valence-electron chi connectivity index (χ3n) is 2.88. The maximum atomic E-state index is 11.6. The second-order valence-corrected chi connectivity index (χ2v) is 4.19. The lowest BCUT2D eigenvalue weighted by Crippen LogP contribution is -2.18. The number of nitriles is 1. The average Bonchev–Trinajstić information content (AvgIpc) is 2.43. The maximum Gasteiger partial charge on any atom is 0.266 e. The largest absolute Gasteiger partial charge is 0.399 e. The van der Waals surface area contributed by atoms with Crippen LogP contribution in [0.2, 0.25) is 0 Å². The molecule has 0 spiro atoms. The lowest BCUT2D eigenvalue weighted by molar-refractivity contribution is 0.212. The van der Waals surface area contributed by atoms with Crippen molar-refractivity contribution in [2.24, 2.45) is 5.16 Å². The highest BCUT2D eigenvalue weighted by atomic mass is 16.6. The minimum atomic E-state index is -0.352. The van der Waals surface area contributed by atoms with Gasteiger partial charge in [-0.2, -0.15) is 5.26 Å². The SMILES string of the molecule is CCCC/C(=N/OC)c1cc(C#N)c(=O)[nH]c1CC. The van der Waals surface area contributed by atoms with Crippen LogP contribution in [0.1, 0.15) is 49.9 Å². The number of pyridine rings is 1. The Morgan fingerprint density at radius 2 is 2.26 bits per heavy atom. The summed E-state index contributed by atoms with van der Waals surface area (Å²) in [4.78, 5) is 19.2. The summed E-state index contributed by atoms with van der Waals surface area (Å²) in [5, 5.41) is 13.0. The summed E-state index contributed by atoms with van der Waals surface area (Å²) in [5.74, 6) is 0. The molecule has 0 atom stereocenters. The van der Waals surface area contributed by atoms with E-state index in [0.29, 0.717) is 6.42 Å². The number of unbranched alkanes of at least 4 members (excludes halogenated alkanes) is 1. The van der Waals surface area contributed by atoms with Crippen molar-refractivity contribution in [2.75, 3.05) is 7.11 Å². The Kier molecular flexibility index (Phi) is 5.80. The van der Waals surface area contributed by atoms with E-state index in [0.717, 1.165) is 36.2 Å². The maximum absolute atomic E-state index is 11.6. The van der Waals surface area contributed by atoms with E-state index in [1.807, 2.05) is 13.0 Å². The van der Waals surface area contributed by atoms with Crippen LogP contribution in [-0.2, 0) is 11.3 Å². The minimum absolute atomic E-state index is 0.104. The molecule has 1 aromatic heterocycles. The standard InChI is InChI=1S/C14H19N3O2/c1-4-6-7-13(17-19-3)11-8-10(9-15)14(18)16-12(11)5-2/h8H,4-7H2,1-3H3,(H,16,18)/b17-13-. The van der Waals surface area contributed by atoms with Crippen molar-refractivity contribution in [3.63, 3.8) is 0 Å². The minimum Gasteiger partial charge on any atom is -0.399 e. The molecule has 1 N–H and O–H groups in total. The molecule has 102 valence electrons. The number of aryl methyl sites for hydroxylation is 1. The Morgan fingerprint density at radius 3 is 2.79 bits per heavy atom. The molecule has 0 radical (unpaired) electrons. The second kappa shape index (κ2) is 7.37. The average molecular weight is 261 g/mol. The summed E-state index contributed by atoms with van der Waals surface area (Å²) in [5.41, 5.74) is 2.11. The summed E-state index contributed by atoms with van der Waals surface area (Å²) in [7, 11) is 1.49. The molecule has 0 aliphatic carbocycles. The first kappa shape index (κ1) is 15.0. The first-order valence-corrected chi connectivity index (χ1v) is 6.44. The van der Waals surface area contributed by atoms with Gasteiger partial charge in [-0.3, -0.25) is 4.79 Å². The highest BCUT2D eigenvalue weighted by Crippen LogP contribution is 2.13. The summed E-state index contributed by atoms with van der Waals surface area (Å²) in [6.07, 6.45) is 3.45. The van der Waals surface area contributed by atoms with E-state index in [9.17, 15) is 4.79 Å². The number of rotatable bonds is 6. The zero-order valence-electron chi connectivity index (χ0n) is 11.6. The molecule has 1 rings (SSSR count). The quantitative estimate of drug-likeness (QED) is 0.630. The van der Waals surface area contributed by atoms with Gasteiger partial charge in [0.2, 0.25) is 0 Å². The zero-order valence-corrected chi connectivity index (χ0v) is 11.6. The van der Waals surface area contributed by atoms with Crippen molar-refractivity contribution < 1.29 is 4.84 Å². The lowest BCUT2D eigenvalue weighted by atomic mass is 10.0. The molecule has 0 unspecified atom stereocenters. The van der Waals surface area contributed by atoms with Gasteiger partial charge in [0.05, 0.1) is 5.71 Å². The van der Waals surface area contributed by atoms with E-state index in [1.165, 1.54) is 7.11 Å². The summed E-state index contributed by atoms with van der Waals surface area (Å²) in [6, 6.07) is 3.50. The first-order chi connectivity index (χ1) is 9.17. The molecule has 5 nitrogen and oxygen atoms in total. The molecule has 5 heteroatoms. The van der Waals surface area contributed by atoms with Gasteiger partial charge in [-0.15, -0.1) is 0 Å². The molecule has 0 fully saturated rings. The van der Waals surface area contributed by atoms with Gasteiger partial charge in [-0.05, 0) is 25.3 Å². The first-order valence-electron chi connectivity index (χ1n) is 6.44. The van der Waals surface area contributed by atoms with E-state index in [-0.39, 0.29) is 11.1 Å². The van der Waals surface area contributed by atoms with Gasteiger partial charge in [-0.1, -0.05) is 25.4 Å². The van der Waals surface area contributed by atoms with Gasteiger partial charge >= 0.3 is 0 Å². The number of oxime groups is 1. The van der Waals surface area contributed by atoms with E-state index in [1.54, 1.807) is 6.07 Å². The Balaban J connectivity index is 3.32. The van der Waals surface area contributed by atoms with Crippen molar-refractivity contribution in [2.45, 2.75) is 39.5 Å². The van der Waals surface area contributed by atoms with Crippen LogP contribution in [0.25, 0.3) is 0 Å². The normalized spacial score (nSPS) is 11.2. The second-order valence-electron chi connectivity index (χ2n) is 4.19. The number of aromatic nitrogens is 1. The number of H-pyrrole nitrogens is 1. The van der Waals surface area contributed by atoms with Crippen LogP contribution in [0.4, 0.5) is 0 Å². The van der Waals surface area contributed by atoms with Crippen molar-refractivity contribution in [3.05, 3.63) is 33.2 Å². The third kappa shape index (κ3) is 3.68. The van der Waals surface area contributed by atoms with Crippen molar-refractivity contribution >= 4 is 5.71 Å². The predicted molar refractivity (Wildman–Crippen MR) is 74.2 cm³/mol. The van der Waals surface area contributed by atoms with E-state index < -0.39 is 0 Å². The van der Waals surface area contributed by atoms with Crippen molar-refractivity contribution in [1.82, 2.24) is 4.98 Å². The molecule has 0 aliphatic rings. The lowest BCUT2D eigenvalue weighted by Gasteiger charge is -2.10. The molecule has 0 saturated carbocycles. The number of nitrogens with zero attached hydrogens (tertiary/aromatic N) is 2. The number of hydrogen-bond acceptors (Lipinski definition) is 4. The fourth-order valence-electron chi connectivity index (χ4n) is 1.87. The summed E-state index contributed by atoms with van der Waals surface area (Å²) >= 11 is 0. The van der Waals surface area contributed by atoms with Gasteiger partial charge in [-0.25, -0.2) is 0 Å². The molecule has 0 amide bonds. The fourth-order valence-corrected chi connectivity index (χ4v) is 1.87. The monoisotopic (exact) mass is 261 g/mol. The van der Waals surface area contributed by atoms with Gasteiger partial charge in [0.25, 0.3) is 5.56 Å². The summed E-state index contributed by atoms with van der Waals surface area (Å²) < 4.78 is 0. The molecule has 1 heterocycles. The molecular formula is C14H19N3O2. The third-order valence-corrected chi connectivity index (χ3v) is 2.88. The van der Waals surface area contributed by atoms with Crippen LogP contribution in [0, 0.1) is 11.3 Å². The van der Waals surface area contributed by atoms with Crippen LogP contribution in [0.3, 0.4) is 0 Å². The molecular weight excluding hydrogens is 242 g/mol. The highest BCUT2D eigenvalue weighted by molar-refractivity contribution is 6.01. The van der Waals surface area contributed by atoms with Crippen LogP contribution in [-0.4, -0.2) is 17.8 Å². The fraction of sp³-hybridized carbons (Fsp3) is 0.500. The van der Waals surface area contributed by atoms with Crippen LogP contribution < -0.4 is 5.56 Å². The molecule has 1 aromatic rings. The number of nitrogens with one attached hydrogen (secondary N) is 1. The van der Waals surface area contributed by atoms with E-state index in [4.69, 9.17) is 10.1 Å². The molecule has 0 saturated heterocycles. The molecule has 19 heavy (non-hydrogen) atoms. The number of hydrogen-bond donors (Lipinski definition) is 1. The van der Waals surface area contributed by atoms with Crippen molar-refractivity contribution in [1.29, 1.82) is 5.26 Å². The zero-order chi connectivity index (χ0) is 14.3. The topological polar surface area (TPSA) is 78.2 Å². The van der Waals surface area contributed by atoms with Crippen LogP contribution in [0.5, 0.6) is 0 Å². The van der Waals surface area contributed by atoms with Gasteiger partial charge < -0.3 is 9.82 Å². The molecule has 0 aromatic carbocycles. The Morgan fingerprint density at radius 1 is 1.53 bits per heavy atom. The highest BCUT2D eigenvalue weighted by Gasteiger charge is 2.13. The summed E-state index contributed by atoms with van der Waals surface area (Å²) in [6.45, 7) is 4.05. The molecule has 0 aliphatic heterocycles. The Labute approximate surface area is 112 Å². The Bertz CT molecular complexity index is 553. The van der Waals surface area contributed by atoms with Crippen LogP contribution >= 0.6 is 0 Å². The van der Waals surface area contributed by atoms with E-state index in [2.05, 4.69) is 17.1 Å². The van der Waals surface area contributed by atoms with Crippen molar-refractivity contribution in [3.8, 4) is 6.07 Å². The Hall–Kier alpha value is -2.09. The number of aromatic amines is 1. The van der Waals surface area contributed by atoms with Gasteiger partial charge in [0.1, 0.15) is 18.7 Å². The molecule has 0 bridgehead atoms. The van der Waals surface area contributed by atoms with Crippen LogP contribution in [0.15, 0.2) is 16.0 Å². The smallest absolute Gasteiger partial charge is 0.266 e. The predicted octanol–water partition coefficient (Wildman–Crippen LogP) is 2.35. The van der Waals surface area contributed by atoms with Gasteiger partial charge in [0.15, 0.2) is 0 Å². The van der Waals surface area contributed by atoms with Gasteiger partial charge in [0, 0.05) is 11.3 Å². The van der Waals surface area contributed by atoms with E-state index >= 15 is 0 Å².